The maximum Gasteiger partial charge on any atom is 0.0521 e. The van der Waals surface area contributed by atoms with Crippen molar-refractivity contribution in [3.05, 3.63) is 47.5 Å². The summed E-state index contributed by atoms with van der Waals surface area (Å²) in [6.07, 6.45) is 9.47. The van der Waals surface area contributed by atoms with E-state index in [1.54, 1.807) is 6.20 Å². The summed E-state index contributed by atoms with van der Waals surface area (Å²) in [6.45, 7) is 2.07. The molecule has 96 valence electrons. The van der Waals surface area contributed by atoms with Crippen LogP contribution in [0.3, 0.4) is 0 Å². The molecule has 0 radical (unpaired) electrons. The molecule has 2 aromatic rings. The number of hydrogen-bond donors (Lipinski definition) is 2. The summed E-state index contributed by atoms with van der Waals surface area (Å²) >= 11 is 0. The van der Waals surface area contributed by atoms with Crippen molar-refractivity contribution >= 4 is 0 Å². The van der Waals surface area contributed by atoms with Crippen LogP contribution >= 0.6 is 0 Å². The molecule has 0 bridgehead atoms. The van der Waals surface area contributed by atoms with Gasteiger partial charge in [0.25, 0.3) is 0 Å². The van der Waals surface area contributed by atoms with Gasteiger partial charge in [-0.3, -0.25) is 20.9 Å². The Balaban J connectivity index is 2.04. The SMILES string of the molecule is Cc1ccncc1C(CCc1cnn(C)c1)NN. The first-order valence-corrected chi connectivity index (χ1v) is 6.05. The number of hydrazine groups is 1. The van der Waals surface area contributed by atoms with E-state index in [2.05, 4.69) is 22.4 Å². The molecule has 5 heteroatoms. The summed E-state index contributed by atoms with van der Waals surface area (Å²) in [5, 5.41) is 4.16. The minimum atomic E-state index is 0.124. The summed E-state index contributed by atoms with van der Waals surface area (Å²) < 4.78 is 1.82. The van der Waals surface area contributed by atoms with Gasteiger partial charge >= 0.3 is 0 Å². The van der Waals surface area contributed by atoms with Crippen molar-refractivity contribution in [2.75, 3.05) is 0 Å². The fourth-order valence-electron chi connectivity index (χ4n) is 2.08. The van der Waals surface area contributed by atoms with Crippen molar-refractivity contribution < 1.29 is 0 Å². The highest BCUT2D eigenvalue weighted by molar-refractivity contribution is 5.25. The third-order valence-corrected chi connectivity index (χ3v) is 3.14. The molecule has 0 spiro atoms. The Kier molecular flexibility index (Phi) is 4.07. The zero-order chi connectivity index (χ0) is 13.0. The van der Waals surface area contributed by atoms with E-state index in [4.69, 9.17) is 5.84 Å². The van der Waals surface area contributed by atoms with Crippen LogP contribution < -0.4 is 11.3 Å². The molecular formula is C13H19N5. The van der Waals surface area contributed by atoms with Crippen LogP contribution in [0.25, 0.3) is 0 Å². The number of rotatable bonds is 5. The van der Waals surface area contributed by atoms with Crippen molar-refractivity contribution in [2.24, 2.45) is 12.9 Å². The Morgan fingerprint density at radius 1 is 1.44 bits per heavy atom. The Morgan fingerprint density at radius 2 is 2.28 bits per heavy atom. The summed E-state index contributed by atoms with van der Waals surface area (Å²) in [5.41, 5.74) is 6.45. The fourth-order valence-corrected chi connectivity index (χ4v) is 2.08. The number of aromatic nitrogens is 3. The molecule has 1 unspecified atom stereocenters. The number of nitrogens with zero attached hydrogens (tertiary/aromatic N) is 3. The lowest BCUT2D eigenvalue weighted by Crippen LogP contribution is -2.29. The summed E-state index contributed by atoms with van der Waals surface area (Å²) in [7, 11) is 1.92. The van der Waals surface area contributed by atoms with Gasteiger partial charge in [-0.1, -0.05) is 0 Å². The van der Waals surface area contributed by atoms with Gasteiger partial charge < -0.3 is 0 Å². The Labute approximate surface area is 107 Å². The zero-order valence-corrected chi connectivity index (χ0v) is 10.8. The molecule has 5 nitrogen and oxygen atoms in total. The normalized spacial score (nSPS) is 12.6. The number of nitrogens with one attached hydrogen (secondary N) is 1. The molecule has 18 heavy (non-hydrogen) atoms. The largest absolute Gasteiger partial charge is 0.276 e. The number of pyridine rings is 1. The molecule has 0 amide bonds. The third-order valence-electron chi connectivity index (χ3n) is 3.14. The topological polar surface area (TPSA) is 68.8 Å². The second kappa shape index (κ2) is 5.75. The number of hydrogen-bond acceptors (Lipinski definition) is 4. The van der Waals surface area contributed by atoms with Crippen LogP contribution in [0.15, 0.2) is 30.9 Å². The van der Waals surface area contributed by atoms with Crippen molar-refractivity contribution in [2.45, 2.75) is 25.8 Å². The van der Waals surface area contributed by atoms with E-state index in [1.165, 1.54) is 11.1 Å². The van der Waals surface area contributed by atoms with Crippen LogP contribution in [0.2, 0.25) is 0 Å². The highest BCUT2D eigenvalue weighted by atomic mass is 15.2. The maximum absolute atomic E-state index is 5.64. The molecule has 3 N–H and O–H groups in total. The van der Waals surface area contributed by atoms with Crippen LogP contribution in [-0.2, 0) is 13.5 Å². The first-order chi connectivity index (χ1) is 8.70. The number of nitrogens with two attached hydrogens (primary N) is 1. The molecule has 0 aliphatic heterocycles. The van der Waals surface area contributed by atoms with Crippen molar-refractivity contribution in [1.82, 2.24) is 20.2 Å². The average molecular weight is 245 g/mol. The van der Waals surface area contributed by atoms with Gasteiger partial charge in [-0.25, -0.2) is 0 Å². The van der Waals surface area contributed by atoms with Gasteiger partial charge in [-0.2, -0.15) is 5.10 Å². The van der Waals surface area contributed by atoms with Crippen molar-refractivity contribution in [3.8, 4) is 0 Å². The molecule has 0 aromatic carbocycles. The summed E-state index contributed by atoms with van der Waals surface area (Å²) in [5.74, 6) is 5.64. The molecule has 2 aromatic heterocycles. The Hall–Kier alpha value is -1.72. The van der Waals surface area contributed by atoms with E-state index in [9.17, 15) is 0 Å². The van der Waals surface area contributed by atoms with E-state index in [0.29, 0.717) is 0 Å². The van der Waals surface area contributed by atoms with Crippen LogP contribution in [0.5, 0.6) is 0 Å². The van der Waals surface area contributed by atoms with Crippen LogP contribution in [-0.4, -0.2) is 14.8 Å². The Morgan fingerprint density at radius 3 is 2.89 bits per heavy atom. The van der Waals surface area contributed by atoms with Crippen LogP contribution in [0, 0.1) is 6.92 Å². The standard InChI is InChI=1S/C13H19N5/c1-10-5-6-15-8-12(10)13(17-14)4-3-11-7-16-18(2)9-11/h5-9,13,17H,3-4,14H2,1-2H3. The molecular weight excluding hydrogens is 226 g/mol. The molecule has 0 aliphatic carbocycles. The number of aryl methyl sites for hydroxylation is 3. The minimum absolute atomic E-state index is 0.124. The highest BCUT2D eigenvalue weighted by Gasteiger charge is 2.12. The molecule has 2 rings (SSSR count). The molecule has 0 aliphatic rings. The fraction of sp³-hybridized carbons (Fsp3) is 0.385. The molecule has 2 heterocycles. The monoisotopic (exact) mass is 245 g/mol. The van der Waals surface area contributed by atoms with Gasteiger partial charge in [-0.05, 0) is 42.5 Å². The average Bonchev–Trinajstić information content (AvgIpc) is 2.78. The van der Waals surface area contributed by atoms with Gasteiger partial charge in [0.05, 0.1) is 6.20 Å². The van der Waals surface area contributed by atoms with E-state index in [-0.39, 0.29) is 6.04 Å². The lowest BCUT2D eigenvalue weighted by Gasteiger charge is -2.17. The smallest absolute Gasteiger partial charge is 0.0521 e. The van der Waals surface area contributed by atoms with Crippen molar-refractivity contribution in [3.63, 3.8) is 0 Å². The van der Waals surface area contributed by atoms with E-state index < -0.39 is 0 Å². The maximum atomic E-state index is 5.64. The van der Waals surface area contributed by atoms with Crippen LogP contribution in [0.1, 0.15) is 29.2 Å². The van der Waals surface area contributed by atoms with E-state index in [1.807, 2.05) is 36.4 Å². The van der Waals surface area contributed by atoms with E-state index in [0.717, 1.165) is 18.4 Å². The second-order valence-corrected chi connectivity index (χ2v) is 4.51. The first-order valence-electron chi connectivity index (χ1n) is 6.05. The third kappa shape index (κ3) is 2.94. The van der Waals surface area contributed by atoms with Crippen molar-refractivity contribution in [1.29, 1.82) is 0 Å². The first kappa shape index (κ1) is 12.7. The zero-order valence-electron chi connectivity index (χ0n) is 10.8. The van der Waals surface area contributed by atoms with Crippen LogP contribution in [0.4, 0.5) is 0 Å². The highest BCUT2D eigenvalue weighted by Crippen LogP contribution is 2.20. The predicted octanol–water partition coefficient (Wildman–Crippen LogP) is 1.26. The minimum Gasteiger partial charge on any atom is -0.276 e. The quantitative estimate of drug-likeness (QED) is 0.614. The van der Waals surface area contributed by atoms with Gasteiger partial charge in [-0.15, -0.1) is 0 Å². The molecule has 0 saturated heterocycles. The van der Waals surface area contributed by atoms with Gasteiger partial charge in [0.1, 0.15) is 0 Å². The molecule has 0 saturated carbocycles. The predicted molar refractivity (Wildman–Crippen MR) is 70.6 cm³/mol. The molecule has 1 atom stereocenters. The van der Waals surface area contributed by atoms with Gasteiger partial charge in [0.2, 0.25) is 0 Å². The molecule has 0 fully saturated rings. The lowest BCUT2D eigenvalue weighted by molar-refractivity contribution is 0.512. The lowest BCUT2D eigenvalue weighted by atomic mass is 9.99. The Bertz CT molecular complexity index is 506. The summed E-state index contributed by atoms with van der Waals surface area (Å²) in [4.78, 5) is 4.16. The van der Waals surface area contributed by atoms with E-state index >= 15 is 0 Å². The van der Waals surface area contributed by atoms with Gasteiger partial charge in [0, 0.05) is 31.7 Å². The van der Waals surface area contributed by atoms with Gasteiger partial charge in [0.15, 0.2) is 0 Å². The summed E-state index contributed by atoms with van der Waals surface area (Å²) in [6, 6.07) is 2.13. The second-order valence-electron chi connectivity index (χ2n) is 4.51.